The summed E-state index contributed by atoms with van der Waals surface area (Å²) in [7, 11) is 0. The van der Waals surface area contributed by atoms with E-state index in [0.29, 0.717) is 0 Å². The fourth-order valence-corrected chi connectivity index (χ4v) is 1.65. The van der Waals surface area contributed by atoms with Gasteiger partial charge in [-0.1, -0.05) is 0 Å². The molecule has 0 unspecified atom stereocenters. The lowest BCUT2D eigenvalue weighted by Crippen LogP contribution is -2.18. The maximum absolute atomic E-state index is 12.1. The molecule has 5 nitrogen and oxygen atoms in total. The van der Waals surface area contributed by atoms with E-state index in [-0.39, 0.29) is 16.5 Å². The second kappa shape index (κ2) is 4.17. The minimum Gasteiger partial charge on any atom is -0.402 e. The van der Waals surface area contributed by atoms with Crippen molar-refractivity contribution in [3.63, 3.8) is 0 Å². The van der Waals surface area contributed by atoms with Crippen LogP contribution in [-0.2, 0) is 0 Å². The number of alkyl halides is 3. The molecule has 2 rings (SSSR count). The van der Waals surface area contributed by atoms with E-state index in [1.807, 2.05) is 0 Å². The van der Waals surface area contributed by atoms with E-state index in [1.165, 1.54) is 5.38 Å². The van der Waals surface area contributed by atoms with Crippen LogP contribution in [0, 0.1) is 0 Å². The average Bonchev–Trinajstić information content (AvgIpc) is 2.63. The maximum atomic E-state index is 12.1. The van der Waals surface area contributed by atoms with Crippen molar-refractivity contribution in [2.24, 2.45) is 0 Å². The van der Waals surface area contributed by atoms with Crippen molar-refractivity contribution in [1.82, 2.24) is 15.0 Å². The van der Waals surface area contributed by atoms with Crippen LogP contribution in [-0.4, -0.2) is 21.3 Å². The van der Waals surface area contributed by atoms with E-state index in [4.69, 9.17) is 5.73 Å². The van der Waals surface area contributed by atoms with Gasteiger partial charge in [0.2, 0.25) is 0 Å². The lowest BCUT2D eigenvalue weighted by atomic mass is 10.3. The van der Waals surface area contributed by atoms with Gasteiger partial charge in [0.05, 0.1) is 6.20 Å². The number of hydrogen-bond donors (Lipinski definition) is 1. The highest BCUT2D eigenvalue weighted by Gasteiger charge is 2.33. The summed E-state index contributed by atoms with van der Waals surface area (Å²) >= 11 is 1.10. The summed E-state index contributed by atoms with van der Waals surface area (Å²) in [5.41, 5.74) is 5.56. The molecule has 90 valence electrons. The summed E-state index contributed by atoms with van der Waals surface area (Å²) in [6.07, 6.45) is -2.78. The molecule has 0 bridgehead atoms. The number of aromatic nitrogens is 3. The summed E-state index contributed by atoms with van der Waals surface area (Å²) in [5.74, 6) is -0.509. The van der Waals surface area contributed by atoms with Crippen LogP contribution in [0.15, 0.2) is 17.9 Å². The third kappa shape index (κ3) is 2.81. The van der Waals surface area contributed by atoms with Gasteiger partial charge >= 0.3 is 6.36 Å². The topological polar surface area (TPSA) is 73.9 Å². The number of nitrogens with two attached hydrogens (primary N) is 1. The van der Waals surface area contributed by atoms with E-state index in [1.54, 1.807) is 0 Å². The molecule has 0 aliphatic rings. The van der Waals surface area contributed by atoms with Gasteiger partial charge in [-0.05, 0) is 0 Å². The number of nitrogens with zero attached hydrogens (tertiary/aromatic N) is 3. The second-order valence-corrected chi connectivity index (χ2v) is 3.74. The zero-order chi connectivity index (χ0) is 12.5. The van der Waals surface area contributed by atoms with Crippen LogP contribution in [0.2, 0.25) is 0 Å². The Morgan fingerprint density at radius 3 is 2.71 bits per heavy atom. The lowest BCUT2D eigenvalue weighted by Gasteiger charge is -2.10. The van der Waals surface area contributed by atoms with Crippen molar-refractivity contribution in [3.8, 4) is 17.1 Å². The fraction of sp³-hybridized carbons (Fsp3) is 0.125. The highest BCUT2D eigenvalue weighted by Crippen LogP contribution is 2.32. The van der Waals surface area contributed by atoms with Crippen LogP contribution >= 0.6 is 11.3 Å². The third-order valence-corrected chi connectivity index (χ3v) is 2.34. The minimum absolute atomic E-state index is 0.0507. The van der Waals surface area contributed by atoms with Gasteiger partial charge in [0.15, 0.2) is 10.9 Å². The Labute approximate surface area is 97.1 Å². The number of anilines is 1. The standard InChI is InChI=1S/C8H5F3N4OS/c9-8(10,11)16-5-1-13-3-14-6(5)4-2-17-7(12)15-4/h1-3H,(H2,12,15). The number of hydrogen-bond acceptors (Lipinski definition) is 6. The van der Waals surface area contributed by atoms with Crippen molar-refractivity contribution in [1.29, 1.82) is 0 Å². The van der Waals surface area contributed by atoms with Gasteiger partial charge in [-0.25, -0.2) is 15.0 Å². The Hall–Kier alpha value is -1.90. The highest BCUT2D eigenvalue weighted by atomic mass is 32.1. The molecular formula is C8H5F3N4OS. The fourth-order valence-electron chi connectivity index (χ4n) is 1.10. The molecule has 0 aliphatic carbocycles. The molecule has 0 aromatic carbocycles. The molecule has 0 saturated carbocycles. The second-order valence-electron chi connectivity index (χ2n) is 2.85. The highest BCUT2D eigenvalue weighted by molar-refractivity contribution is 7.13. The van der Waals surface area contributed by atoms with Gasteiger partial charge in [-0.2, -0.15) is 0 Å². The van der Waals surface area contributed by atoms with Crippen LogP contribution in [0.5, 0.6) is 5.75 Å². The lowest BCUT2D eigenvalue weighted by molar-refractivity contribution is -0.274. The summed E-state index contributed by atoms with van der Waals surface area (Å²) in [6, 6.07) is 0. The predicted molar refractivity (Wildman–Crippen MR) is 54.2 cm³/mol. The van der Waals surface area contributed by atoms with Gasteiger partial charge in [0, 0.05) is 5.38 Å². The first-order valence-electron chi connectivity index (χ1n) is 4.23. The quantitative estimate of drug-likeness (QED) is 0.896. The van der Waals surface area contributed by atoms with E-state index in [9.17, 15) is 13.2 Å². The van der Waals surface area contributed by atoms with E-state index >= 15 is 0 Å². The van der Waals surface area contributed by atoms with Gasteiger partial charge < -0.3 is 10.5 Å². The SMILES string of the molecule is Nc1nc(-c2ncncc2OC(F)(F)F)cs1. The van der Waals surface area contributed by atoms with Gasteiger partial charge in [-0.15, -0.1) is 24.5 Å². The first-order valence-corrected chi connectivity index (χ1v) is 5.11. The Kier molecular flexibility index (Phi) is 2.84. The number of rotatable bonds is 2. The van der Waals surface area contributed by atoms with Crippen molar-refractivity contribution in [3.05, 3.63) is 17.9 Å². The number of ether oxygens (including phenoxy) is 1. The molecule has 2 N–H and O–H groups in total. The number of thiazole rings is 1. The molecule has 0 spiro atoms. The zero-order valence-corrected chi connectivity index (χ0v) is 8.92. The molecule has 0 aliphatic heterocycles. The van der Waals surface area contributed by atoms with Crippen molar-refractivity contribution in [2.45, 2.75) is 6.36 Å². The normalized spacial score (nSPS) is 11.5. The Bertz CT molecular complexity index is 527. The predicted octanol–water partition coefficient (Wildman–Crippen LogP) is 2.08. The van der Waals surface area contributed by atoms with Crippen molar-refractivity contribution in [2.75, 3.05) is 5.73 Å². The van der Waals surface area contributed by atoms with Crippen LogP contribution in [0.3, 0.4) is 0 Å². The van der Waals surface area contributed by atoms with Crippen LogP contribution in [0.1, 0.15) is 0 Å². The van der Waals surface area contributed by atoms with Crippen molar-refractivity contribution >= 4 is 16.5 Å². The molecule has 9 heteroatoms. The van der Waals surface area contributed by atoms with Crippen LogP contribution < -0.4 is 10.5 Å². The molecule has 2 aromatic rings. The summed E-state index contributed by atoms with van der Waals surface area (Å²) in [4.78, 5) is 11.0. The smallest absolute Gasteiger partial charge is 0.402 e. The minimum atomic E-state index is -4.80. The van der Waals surface area contributed by atoms with Gasteiger partial charge in [-0.3, -0.25) is 0 Å². The monoisotopic (exact) mass is 262 g/mol. The molecule has 17 heavy (non-hydrogen) atoms. The summed E-state index contributed by atoms with van der Waals surface area (Å²) in [5, 5.41) is 1.72. The van der Waals surface area contributed by atoms with Crippen LogP contribution in [0.4, 0.5) is 18.3 Å². The maximum Gasteiger partial charge on any atom is 0.573 e. The molecular weight excluding hydrogens is 257 g/mol. The molecule has 0 fully saturated rings. The Morgan fingerprint density at radius 2 is 2.12 bits per heavy atom. The zero-order valence-electron chi connectivity index (χ0n) is 8.10. The van der Waals surface area contributed by atoms with Crippen molar-refractivity contribution < 1.29 is 17.9 Å². The van der Waals surface area contributed by atoms with E-state index < -0.39 is 12.1 Å². The Morgan fingerprint density at radius 1 is 1.35 bits per heavy atom. The number of nitrogen functional groups attached to an aromatic ring is 1. The molecule has 0 amide bonds. The van der Waals surface area contributed by atoms with Gasteiger partial charge in [0.1, 0.15) is 17.7 Å². The largest absolute Gasteiger partial charge is 0.573 e. The van der Waals surface area contributed by atoms with Gasteiger partial charge in [0.25, 0.3) is 0 Å². The summed E-state index contributed by atoms with van der Waals surface area (Å²) in [6.45, 7) is 0. The summed E-state index contributed by atoms with van der Waals surface area (Å²) < 4.78 is 40.2. The molecule has 0 radical (unpaired) electrons. The molecule has 2 heterocycles. The third-order valence-electron chi connectivity index (χ3n) is 1.67. The molecule has 2 aromatic heterocycles. The van der Waals surface area contributed by atoms with Crippen LogP contribution in [0.25, 0.3) is 11.4 Å². The number of halogens is 3. The first-order chi connectivity index (χ1) is 7.96. The molecule has 0 saturated heterocycles. The average molecular weight is 262 g/mol. The first kappa shape index (κ1) is 11.6. The Balaban J connectivity index is 2.41. The van der Waals surface area contributed by atoms with E-state index in [0.717, 1.165) is 23.9 Å². The molecule has 0 atom stereocenters. The van der Waals surface area contributed by atoms with E-state index in [2.05, 4.69) is 19.7 Å².